The van der Waals surface area contributed by atoms with Crippen molar-refractivity contribution >= 4 is 25.2 Å². The van der Waals surface area contributed by atoms with E-state index in [1.54, 1.807) is 0 Å². The van der Waals surface area contributed by atoms with Gasteiger partial charge in [0.05, 0.1) is 19.3 Å². The van der Waals surface area contributed by atoms with Crippen molar-refractivity contribution in [3.8, 4) is 0 Å². The summed E-state index contributed by atoms with van der Waals surface area (Å²) >= 11 is 0. The largest absolute Gasteiger partial charge is 0.465 e. The molecule has 1 aliphatic heterocycles. The number of hydrogen-bond donors (Lipinski definition) is 4. The number of nitrogens with zero attached hydrogens (tertiary/aromatic N) is 2. The zero-order valence-corrected chi connectivity index (χ0v) is 23.3. The van der Waals surface area contributed by atoms with Gasteiger partial charge in [-0.1, -0.05) is 26.7 Å². The van der Waals surface area contributed by atoms with Crippen LogP contribution in [0.2, 0.25) is 0 Å². The Kier molecular flexibility index (Phi) is 12.6. The van der Waals surface area contributed by atoms with Gasteiger partial charge in [-0.15, -0.1) is 0 Å². The number of rotatable bonds is 15. The molecule has 38 heavy (non-hydrogen) atoms. The van der Waals surface area contributed by atoms with E-state index in [2.05, 4.69) is 15.2 Å². The highest BCUT2D eigenvalue weighted by atomic mass is 31.2. The predicted octanol–water partition coefficient (Wildman–Crippen LogP) is 1.82. The molecule has 0 spiro atoms. The van der Waals surface area contributed by atoms with Crippen molar-refractivity contribution in [1.29, 1.82) is 0 Å². The van der Waals surface area contributed by atoms with E-state index in [-0.39, 0.29) is 25.5 Å². The SMILES string of the molecule is CCCCOC(=O)[C@H](C)NP(=O)(/C=C/[C@@H]1C[C@@H](O)[C@H](n2ccc(N)nc2=O)O1)N[C@H](C)C(=O)OCCCC. The van der Waals surface area contributed by atoms with E-state index >= 15 is 0 Å². The van der Waals surface area contributed by atoms with Crippen LogP contribution < -0.4 is 21.6 Å². The lowest BCUT2D eigenvalue weighted by Crippen LogP contribution is -2.41. The molecule has 0 radical (unpaired) electrons. The van der Waals surface area contributed by atoms with E-state index in [0.717, 1.165) is 17.4 Å². The molecular formula is C24H40N5O8P. The Morgan fingerprint density at radius 3 is 2.26 bits per heavy atom. The fraction of sp³-hybridized carbons (Fsp3) is 0.667. The van der Waals surface area contributed by atoms with Crippen LogP contribution in [0.25, 0.3) is 0 Å². The topological polar surface area (TPSA) is 184 Å². The first-order chi connectivity index (χ1) is 18.0. The Morgan fingerprint density at radius 2 is 1.76 bits per heavy atom. The maximum absolute atomic E-state index is 13.9. The molecule has 5 N–H and O–H groups in total. The molecule has 2 heterocycles. The zero-order chi connectivity index (χ0) is 28.3. The van der Waals surface area contributed by atoms with Gasteiger partial charge in [0.1, 0.15) is 24.0 Å². The maximum Gasteiger partial charge on any atom is 0.351 e. The monoisotopic (exact) mass is 557 g/mol. The number of anilines is 1. The van der Waals surface area contributed by atoms with Gasteiger partial charge in [-0.05, 0) is 38.8 Å². The first kappa shape index (κ1) is 31.6. The van der Waals surface area contributed by atoms with Gasteiger partial charge in [0.2, 0.25) is 7.44 Å². The van der Waals surface area contributed by atoms with Crippen LogP contribution >= 0.6 is 7.44 Å². The summed E-state index contributed by atoms with van der Waals surface area (Å²) < 4.78 is 31.2. The summed E-state index contributed by atoms with van der Waals surface area (Å²) in [6.07, 6.45) is 3.22. The highest BCUT2D eigenvalue weighted by Crippen LogP contribution is 2.41. The number of aliphatic hydroxyl groups is 1. The highest BCUT2D eigenvalue weighted by molar-refractivity contribution is 7.63. The van der Waals surface area contributed by atoms with Crippen LogP contribution in [-0.2, 0) is 28.4 Å². The molecule has 13 nitrogen and oxygen atoms in total. The fourth-order valence-corrected chi connectivity index (χ4v) is 5.62. The van der Waals surface area contributed by atoms with Crippen molar-refractivity contribution in [2.75, 3.05) is 18.9 Å². The molecule has 1 unspecified atom stereocenters. The number of unbranched alkanes of at least 4 members (excludes halogenated alkanes) is 2. The maximum atomic E-state index is 13.9. The Labute approximate surface area is 222 Å². The van der Waals surface area contributed by atoms with Gasteiger partial charge in [-0.25, -0.2) is 15.0 Å². The van der Waals surface area contributed by atoms with E-state index in [4.69, 9.17) is 19.9 Å². The molecule has 2 rings (SSSR count). The van der Waals surface area contributed by atoms with Crippen molar-refractivity contribution in [1.82, 2.24) is 19.7 Å². The molecule has 1 saturated heterocycles. The summed E-state index contributed by atoms with van der Waals surface area (Å²) in [4.78, 5) is 40.6. The lowest BCUT2D eigenvalue weighted by atomic mass is 10.2. The number of hydrogen-bond acceptors (Lipinski definition) is 10. The zero-order valence-electron chi connectivity index (χ0n) is 22.4. The summed E-state index contributed by atoms with van der Waals surface area (Å²) in [5, 5.41) is 16.0. The van der Waals surface area contributed by atoms with E-state index in [1.165, 1.54) is 38.0 Å². The van der Waals surface area contributed by atoms with E-state index in [1.807, 2.05) is 13.8 Å². The van der Waals surface area contributed by atoms with Crippen molar-refractivity contribution in [2.45, 2.75) is 90.3 Å². The average molecular weight is 558 g/mol. The van der Waals surface area contributed by atoms with E-state index in [9.17, 15) is 24.1 Å². The number of ether oxygens (including phenoxy) is 3. The lowest BCUT2D eigenvalue weighted by molar-refractivity contribution is -0.145. The van der Waals surface area contributed by atoms with Crippen LogP contribution in [0.15, 0.2) is 29.0 Å². The van der Waals surface area contributed by atoms with Gasteiger partial charge < -0.3 is 25.1 Å². The summed E-state index contributed by atoms with van der Waals surface area (Å²) in [5.41, 5.74) is 4.84. The second-order valence-corrected chi connectivity index (χ2v) is 11.3. The molecule has 0 aliphatic carbocycles. The van der Waals surface area contributed by atoms with E-state index in [0.29, 0.717) is 12.8 Å². The first-order valence-corrected chi connectivity index (χ1v) is 14.6. The Bertz CT molecular complexity index is 1030. The summed E-state index contributed by atoms with van der Waals surface area (Å²) in [7, 11) is -3.74. The molecule has 0 aromatic carbocycles. The minimum atomic E-state index is -3.74. The quantitative estimate of drug-likeness (QED) is 0.140. The lowest BCUT2D eigenvalue weighted by Gasteiger charge is -2.24. The Hall–Kier alpha value is -2.57. The number of esters is 2. The number of aromatic nitrogens is 2. The van der Waals surface area contributed by atoms with Gasteiger partial charge in [-0.3, -0.25) is 18.7 Å². The van der Waals surface area contributed by atoms with Crippen LogP contribution in [0.5, 0.6) is 0 Å². The molecule has 1 aliphatic rings. The third-order valence-corrected chi connectivity index (χ3v) is 7.85. The predicted molar refractivity (Wildman–Crippen MR) is 141 cm³/mol. The first-order valence-electron chi connectivity index (χ1n) is 12.9. The molecule has 0 amide bonds. The molecular weight excluding hydrogens is 517 g/mol. The molecule has 14 heteroatoms. The van der Waals surface area contributed by atoms with Gasteiger partial charge in [0.15, 0.2) is 6.23 Å². The van der Waals surface area contributed by atoms with Crippen LogP contribution in [0, 0.1) is 0 Å². The summed E-state index contributed by atoms with van der Waals surface area (Å²) in [6.45, 7) is 7.42. The van der Waals surface area contributed by atoms with Gasteiger partial charge in [-0.2, -0.15) is 4.98 Å². The number of carbonyl (C=O) groups excluding carboxylic acids is 2. The Balaban J connectivity index is 2.17. The van der Waals surface area contributed by atoms with Gasteiger partial charge in [0.25, 0.3) is 0 Å². The van der Waals surface area contributed by atoms with Gasteiger partial charge >= 0.3 is 17.6 Å². The van der Waals surface area contributed by atoms with Crippen LogP contribution in [0.1, 0.15) is 66.0 Å². The average Bonchev–Trinajstić information content (AvgIpc) is 3.23. The van der Waals surface area contributed by atoms with Crippen molar-refractivity contribution in [3.05, 3.63) is 34.6 Å². The number of aliphatic hydroxyl groups excluding tert-OH is 1. The second kappa shape index (κ2) is 15.1. The third kappa shape index (κ3) is 9.63. The minimum absolute atomic E-state index is 0.0398. The van der Waals surface area contributed by atoms with Crippen LogP contribution in [0.4, 0.5) is 5.82 Å². The molecule has 214 valence electrons. The molecule has 6 atom stereocenters. The standard InChI is InChI=1S/C24H40N5O8P/c1-5-7-12-35-22(31)16(3)27-38(34,28-17(4)23(32)36-13-8-6-2)14-10-18-15-19(30)21(37-18)29-11-9-20(25)26-24(29)33/h9-11,14,16-19,21,30H,5-8,12-13,15H2,1-4H3,(H2,25,26,33)(H2,27,28,34)/b14-10+/t16-,17+,18-,19-,21-,38?/m1/s1. The molecule has 1 fully saturated rings. The van der Waals surface area contributed by atoms with Crippen molar-refractivity contribution < 1.29 is 33.5 Å². The van der Waals surface area contributed by atoms with Gasteiger partial charge in [0, 0.05) is 18.4 Å². The number of nitrogens with one attached hydrogen (secondary N) is 2. The smallest absolute Gasteiger partial charge is 0.351 e. The number of nitrogens with two attached hydrogens (primary N) is 1. The van der Waals surface area contributed by atoms with Crippen LogP contribution in [-0.4, -0.2) is 64.1 Å². The minimum Gasteiger partial charge on any atom is -0.465 e. The Morgan fingerprint density at radius 1 is 1.21 bits per heavy atom. The van der Waals surface area contributed by atoms with Crippen LogP contribution in [0.3, 0.4) is 0 Å². The third-order valence-electron chi connectivity index (χ3n) is 5.72. The summed E-state index contributed by atoms with van der Waals surface area (Å²) in [6, 6.07) is -0.509. The normalized spacial score (nSPS) is 22.6. The van der Waals surface area contributed by atoms with Crippen molar-refractivity contribution in [3.63, 3.8) is 0 Å². The number of carbonyl (C=O) groups is 2. The number of nitrogen functional groups attached to an aromatic ring is 1. The molecule has 1 aromatic heterocycles. The molecule has 0 saturated carbocycles. The second-order valence-electron chi connectivity index (χ2n) is 9.15. The highest BCUT2D eigenvalue weighted by Gasteiger charge is 2.36. The molecule has 1 aromatic rings. The van der Waals surface area contributed by atoms with Crippen molar-refractivity contribution in [2.24, 2.45) is 0 Å². The molecule has 0 bridgehead atoms. The summed E-state index contributed by atoms with van der Waals surface area (Å²) in [5.74, 6) is 0.144. The fourth-order valence-electron chi connectivity index (χ4n) is 3.58. The van der Waals surface area contributed by atoms with E-state index < -0.39 is 55.6 Å².